The van der Waals surface area contributed by atoms with Crippen LogP contribution in [0.15, 0.2) is 12.1 Å². The van der Waals surface area contributed by atoms with Gasteiger partial charge in [0, 0.05) is 37.8 Å². The van der Waals surface area contributed by atoms with Crippen molar-refractivity contribution in [3.8, 4) is 5.75 Å². The lowest BCUT2D eigenvalue weighted by Gasteiger charge is -2.44. The lowest BCUT2D eigenvalue weighted by molar-refractivity contribution is -0.144. The summed E-state index contributed by atoms with van der Waals surface area (Å²) in [6.45, 7) is 7.49. The molecule has 3 nitrogen and oxygen atoms in total. The molecule has 9 heteroatoms. The van der Waals surface area contributed by atoms with Crippen LogP contribution in [-0.2, 0) is 12.4 Å². The van der Waals surface area contributed by atoms with Gasteiger partial charge in [-0.05, 0) is 17.5 Å². The average molecular weight is 398 g/mol. The number of hydrogen-bond acceptors (Lipinski definition) is 3. The number of hydrogen-bond donors (Lipinski definition) is 1. The molecule has 0 unspecified atom stereocenters. The Morgan fingerprint density at radius 3 is 1.93 bits per heavy atom. The Labute approximate surface area is 154 Å². The summed E-state index contributed by atoms with van der Waals surface area (Å²) in [4.78, 5) is 1.87. The van der Waals surface area contributed by atoms with Gasteiger partial charge in [0.25, 0.3) is 0 Å². The highest BCUT2D eigenvalue weighted by Gasteiger charge is 2.45. The fraction of sp³-hybridized carbons (Fsp3) is 0.667. The van der Waals surface area contributed by atoms with E-state index in [4.69, 9.17) is 4.74 Å². The van der Waals surface area contributed by atoms with Crippen molar-refractivity contribution in [3.63, 3.8) is 0 Å². The maximum atomic E-state index is 13.8. The van der Waals surface area contributed by atoms with Crippen LogP contribution in [0, 0.1) is 5.41 Å². The minimum absolute atomic E-state index is 0.193. The number of ether oxygens (including phenoxy) is 1. The van der Waals surface area contributed by atoms with Crippen molar-refractivity contribution in [2.75, 3.05) is 33.3 Å². The topological polar surface area (TPSA) is 24.5 Å². The third-order valence-electron chi connectivity index (χ3n) is 4.61. The summed E-state index contributed by atoms with van der Waals surface area (Å²) < 4.78 is 85.9. The highest BCUT2D eigenvalue weighted by molar-refractivity contribution is 5.49. The molecule has 1 N–H and O–H groups in total. The van der Waals surface area contributed by atoms with Gasteiger partial charge in [-0.1, -0.05) is 20.8 Å². The van der Waals surface area contributed by atoms with E-state index < -0.39 is 40.7 Å². The van der Waals surface area contributed by atoms with Crippen LogP contribution in [0.3, 0.4) is 0 Å². The first-order chi connectivity index (χ1) is 12.3. The van der Waals surface area contributed by atoms with Gasteiger partial charge in [-0.25, -0.2) is 0 Å². The zero-order chi connectivity index (χ0) is 20.6. The number of piperazine rings is 1. The average Bonchev–Trinajstić information content (AvgIpc) is 2.52. The smallest absolute Gasteiger partial charge is 0.416 e. The molecular weight excluding hydrogens is 374 g/mol. The van der Waals surface area contributed by atoms with Gasteiger partial charge >= 0.3 is 12.4 Å². The molecule has 154 valence electrons. The van der Waals surface area contributed by atoms with Gasteiger partial charge in [-0.3, -0.25) is 4.90 Å². The minimum atomic E-state index is -4.94. The Morgan fingerprint density at radius 1 is 0.963 bits per heavy atom. The number of nitrogens with one attached hydrogen (secondary N) is 1. The lowest BCUT2D eigenvalue weighted by atomic mass is 9.78. The summed E-state index contributed by atoms with van der Waals surface area (Å²) in [5.74, 6) is -0.393. The number of methoxy groups -OCH3 is 1. The standard InChI is InChI=1S/C18H24F6N2O/c1-16(2,3)15(26-7-5-25-6-8-26)14-12(18(22,23)24)9-11(17(19,20)21)10-13(14)27-4/h9-10,15,25H,5-8H2,1-4H3/t15-/m1/s1. The molecule has 0 bridgehead atoms. The van der Waals surface area contributed by atoms with Crippen molar-refractivity contribution in [1.29, 1.82) is 0 Å². The number of rotatable bonds is 3. The van der Waals surface area contributed by atoms with E-state index in [0.717, 1.165) is 7.11 Å². The first-order valence-electron chi connectivity index (χ1n) is 8.58. The van der Waals surface area contributed by atoms with E-state index in [1.165, 1.54) is 0 Å². The summed E-state index contributed by atoms with van der Waals surface area (Å²) in [5, 5.41) is 3.13. The second kappa shape index (κ2) is 7.50. The molecular formula is C18H24F6N2O. The SMILES string of the molecule is COc1cc(C(F)(F)F)cc(C(F)(F)F)c1[C@@H](N1CCNCC1)C(C)(C)C. The third kappa shape index (κ3) is 4.87. The van der Waals surface area contributed by atoms with Crippen LogP contribution in [0.5, 0.6) is 5.75 Å². The zero-order valence-electron chi connectivity index (χ0n) is 15.7. The molecule has 1 aromatic carbocycles. The second-order valence-corrected chi connectivity index (χ2v) is 7.69. The van der Waals surface area contributed by atoms with E-state index in [1.807, 2.05) is 4.90 Å². The molecule has 0 amide bonds. The molecule has 2 rings (SSSR count). The minimum Gasteiger partial charge on any atom is -0.496 e. The Morgan fingerprint density at radius 2 is 1.52 bits per heavy atom. The van der Waals surface area contributed by atoms with Crippen LogP contribution in [0.2, 0.25) is 0 Å². The molecule has 1 aliphatic heterocycles. The van der Waals surface area contributed by atoms with Crippen molar-refractivity contribution < 1.29 is 31.1 Å². The summed E-state index contributed by atoms with van der Waals surface area (Å²) in [6, 6.07) is 0.0954. The van der Waals surface area contributed by atoms with Crippen molar-refractivity contribution >= 4 is 0 Å². The van der Waals surface area contributed by atoms with Crippen LogP contribution >= 0.6 is 0 Å². The molecule has 1 aromatic rings. The Bertz CT molecular complexity index is 658. The Kier molecular flexibility index (Phi) is 6.06. The van der Waals surface area contributed by atoms with Crippen LogP contribution < -0.4 is 10.1 Å². The van der Waals surface area contributed by atoms with E-state index in [0.29, 0.717) is 32.2 Å². The molecule has 1 aliphatic rings. The van der Waals surface area contributed by atoms with Gasteiger partial charge < -0.3 is 10.1 Å². The highest BCUT2D eigenvalue weighted by atomic mass is 19.4. The number of benzene rings is 1. The predicted octanol–water partition coefficient (Wildman–Crippen LogP) is 4.73. The molecule has 0 aromatic heterocycles. The van der Waals surface area contributed by atoms with Crippen molar-refractivity contribution in [2.24, 2.45) is 5.41 Å². The van der Waals surface area contributed by atoms with Gasteiger partial charge in [0.2, 0.25) is 0 Å². The number of nitrogens with zero attached hydrogens (tertiary/aromatic N) is 1. The summed E-state index contributed by atoms with van der Waals surface area (Å²) in [6.07, 6.45) is -9.85. The van der Waals surface area contributed by atoms with Crippen molar-refractivity contribution in [3.05, 3.63) is 28.8 Å². The highest BCUT2D eigenvalue weighted by Crippen LogP contribution is 2.49. The molecule has 1 saturated heterocycles. The van der Waals surface area contributed by atoms with E-state index in [1.54, 1.807) is 20.8 Å². The monoisotopic (exact) mass is 398 g/mol. The van der Waals surface area contributed by atoms with Crippen LogP contribution in [0.4, 0.5) is 26.3 Å². The van der Waals surface area contributed by atoms with Crippen molar-refractivity contribution in [2.45, 2.75) is 39.2 Å². The molecule has 0 aliphatic carbocycles. The van der Waals surface area contributed by atoms with Crippen LogP contribution in [0.25, 0.3) is 0 Å². The van der Waals surface area contributed by atoms with Gasteiger partial charge in [-0.15, -0.1) is 0 Å². The van der Waals surface area contributed by atoms with Gasteiger partial charge in [0.1, 0.15) is 5.75 Å². The molecule has 0 spiro atoms. The molecule has 1 fully saturated rings. The van der Waals surface area contributed by atoms with Crippen molar-refractivity contribution in [1.82, 2.24) is 10.2 Å². The second-order valence-electron chi connectivity index (χ2n) is 7.69. The fourth-order valence-corrected chi connectivity index (χ4v) is 3.58. The maximum Gasteiger partial charge on any atom is 0.416 e. The molecule has 1 heterocycles. The van der Waals surface area contributed by atoms with E-state index >= 15 is 0 Å². The maximum absolute atomic E-state index is 13.8. The first kappa shape index (κ1) is 21.8. The Balaban J connectivity index is 2.77. The summed E-state index contributed by atoms with van der Waals surface area (Å²) in [5.41, 5.74) is -3.58. The first-order valence-corrected chi connectivity index (χ1v) is 8.58. The molecule has 1 atom stereocenters. The quantitative estimate of drug-likeness (QED) is 0.746. The summed E-state index contributed by atoms with van der Waals surface area (Å²) in [7, 11) is 1.09. The van der Waals surface area contributed by atoms with E-state index in [2.05, 4.69) is 5.32 Å². The molecule has 27 heavy (non-hydrogen) atoms. The molecule has 0 saturated carbocycles. The normalized spacial score (nSPS) is 18.4. The Hall–Kier alpha value is -1.48. The van der Waals surface area contributed by atoms with Gasteiger partial charge in [0.05, 0.1) is 18.2 Å². The predicted molar refractivity (Wildman–Crippen MR) is 89.6 cm³/mol. The number of halogens is 6. The number of alkyl halides is 6. The van der Waals surface area contributed by atoms with Crippen LogP contribution in [0.1, 0.15) is 43.5 Å². The molecule has 0 radical (unpaired) electrons. The van der Waals surface area contributed by atoms with E-state index in [-0.39, 0.29) is 11.6 Å². The summed E-state index contributed by atoms with van der Waals surface area (Å²) >= 11 is 0. The lowest BCUT2D eigenvalue weighted by Crippen LogP contribution is -2.48. The zero-order valence-corrected chi connectivity index (χ0v) is 15.7. The van der Waals surface area contributed by atoms with Gasteiger partial charge in [0.15, 0.2) is 0 Å². The third-order valence-corrected chi connectivity index (χ3v) is 4.61. The largest absolute Gasteiger partial charge is 0.496 e. The fourth-order valence-electron chi connectivity index (χ4n) is 3.58. The van der Waals surface area contributed by atoms with Crippen LogP contribution in [-0.4, -0.2) is 38.2 Å². The van der Waals surface area contributed by atoms with Gasteiger partial charge in [-0.2, -0.15) is 26.3 Å². The van der Waals surface area contributed by atoms with E-state index in [9.17, 15) is 26.3 Å².